The molecule has 0 unspecified atom stereocenters. The van der Waals surface area contributed by atoms with Gasteiger partial charge in [-0.2, -0.15) is 0 Å². The van der Waals surface area contributed by atoms with E-state index < -0.39 is 0 Å². The van der Waals surface area contributed by atoms with Crippen LogP contribution in [0, 0.1) is 5.82 Å². The lowest BCUT2D eigenvalue weighted by atomic mass is 10.2. The largest absolute Gasteiger partial charge is 0.494 e. The Labute approximate surface area is 119 Å². The van der Waals surface area contributed by atoms with Crippen molar-refractivity contribution < 1.29 is 9.13 Å². The van der Waals surface area contributed by atoms with Gasteiger partial charge in [0, 0.05) is 24.6 Å². The molecule has 0 aliphatic heterocycles. The number of methoxy groups -OCH3 is 1. The third kappa shape index (κ3) is 3.62. The summed E-state index contributed by atoms with van der Waals surface area (Å²) in [6.07, 6.45) is 0. The number of ether oxygens (including phenoxy) is 1. The quantitative estimate of drug-likeness (QED) is 0.851. The normalized spacial score (nSPS) is 11.0. The Hall–Kier alpha value is -1.24. The molecule has 0 amide bonds. The highest BCUT2D eigenvalue weighted by atomic mass is 35.5. The first kappa shape index (κ1) is 14.2. The third-order valence-corrected chi connectivity index (χ3v) is 3.58. The van der Waals surface area contributed by atoms with Crippen LogP contribution in [-0.4, -0.2) is 28.6 Å². The van der Waals surface area contributed by atoms with Crippen LogP contribution < -0.4 is 4.74 Å². The lowest BCUT2D eigenvalue weighted by Crippen LogP contribution is -2.17. The zero-order valence-corrected chi connectivity index (χ0v) is 12.1. The number of hydrogen-bond donors (Lipinski definition) is 0. The summed E-state index contributed by atoms with van der Waals surface area (Å²) >= 11 is 7.10. The molecule has 0 aliphatic carbocycles. The van der Waals surface area contributed by atoms with Crippen molar-refractivity contribution in [3.8, 4) is 5.75 Å². The SMILES string of the molecule is COc1ccc(CN(C)Cc2nnsc2Cl)cc1F. The van der Waals surface area contributed by atoms with Crippen molar-refractivity contribution in [1.82, 2.24) is 14.5 Å². The molecule has 4 nitrogen and oxygen atoms in total. The molecule has 1 aromatic carbocycles. The van der Waals surface area contributed by atoms with Crippen molar-refractivity contribution in [2.75, 3.05) is 14.2 Å². The molecule has 0 saturated carbocycles. The monoisotopic (exact) mass is 301 g/mol. The first-order chi connectivity index (χ1) is 9.10. The van der Waals surface area contributed by atoms with E-state index in [4.69, 9.17) is 16.3 Å². The number of hydrogen-bond acceptors (Lipinski definition) is 5. The zero-order chi connectivity index (χ0) is 13.8. The Bertz CT molecular complexity index is 564. The predicted molar refractivity (Wildman–Crippen MR) is 73.0 cm³/mol. The van der Waals surface area contributed by atoms with Gasteiger partial charge in [0.2, 0.25) is 0 Å². The summed E-state index contributed by atoms with van der Waals surface area (Å²) in [5, 5.41) is 3.94. The fraction of sp³-hybridized carbons (Fsp3) is 0.333. The van der Waals surface area contributed by atoms with Gasteiger partial charge in [0.05, 0.1) is 7.11 Å². The summed E-state index contributed by atoms with van der Waals surface area (Å²) in [6, 6.07) is 4.92. The molecule has 7 heteroatoms. The summed E-state index contributed by atoms with van der Waals surface area (Å²) in [5.74, 6) is -0.111. The van der Waals surface area contributed by atoms with Gasteiger partial charge in [0.15, 0.2) is 11.6 Å². The van der Waals surface area contributed by atoms with Crippen LogP contribution in [-0.2, 0) is 13.1 Å². The second kappa shape index (κ2) is 6.27. The van der Waals surface area contributed by atoms with E-state index in [0.29, 0.717) is 17.4 Å². The third-order valence-electron chi connectivity index (χ3n) is 2.60. The van der Waals surface area contributed by atoms with Gasteiger partial charge in [-0.05, 0) is 24.7 Å². The molecule has 19 heavy (non-hydrogen) atoms. The number of halogens is 2. The topological polar surface area (TPSA) is 38.2 Å². The molecule has 0 atom stereocenters. The minimum atomic E-state index is -0.359. The molecule has 0 saturated heterocycles. The second-order valence-electron chi connectivity index (χ2n) is 4.13. The summed E-state index contributed by atoms with van der Waals surface area (Å²) in [4.78, 5) is 1.99. The van der Waals surface area contributed by atoms with Gasteiger partial charge in [-0.25, -0.2) is 4.39 Å². The van der Waals surface area contributed by atoms with Gasteiger partial charge in [-0.3, -0.25) is 4.90 Å². The van der Waals surface area contributed by atoms with Crippen molar-refractivity contribution in [2.45, 2.75) is 13.1 Å². The van der Waals surface area contributed by atoms with Crippen LogP contribution in [0.15, 0.2) is 18.2 Å². The van der Waals surface area contributed by atoms with Gasteiger partial charge in [0.1, 0.15) is 10.0 Å². The Balaban J connectivity index is 2.01. The van der Waals surface area contributed by atoms with E-state index in [0.717, 1.165) is 22.8 Å². The van der Waals surface area contributed by atoms with E-state index in [1.54, 1.807) is 6.07 Å². The molecule has 0 fully saturated rings. The van der Waals surface area contributed by atoms with E-state index in [2.05, 4.69) is 9.59 Å². The van der Waals surface area contributed by atoms with Gasteiger partial charge in [-0.1, -0.05) is 22.2 Å². The van der Waals surface area contributed by atoms with Crippen LogP contribution in [0.3, 0.4) is 0 Å². The lowest BCUT2D eigenvalue weighted by Gasteiger charge is -2.15. The molecular weight excluding hydrogens is 289 g/mol. The molecule has 1 aromatic heterocycles. The lowest BCUT2D eigenvalue weighted by molar-refractivity contribution is 0.313. The molecule has 0 spiro atoms. The molecule has 102 valence electrons. The smallest absolute Gasteiger partial charge is 0.165 e. The highest BCUT2D eigenvalue weighted by Gasteiger charge is 2.10. The van der Waals surface area contributed by atoms with E-state index in [9.17, 15) is 4.39 Å². The van der Waals surface area contributed by atoms with Crippen LogP contribution in [0.5, 0.6) is 5.75 Å². The first-order valence-electron chi connectivity index (χ1n) is 5.58. The second-order valence-corrected chi connectivity index (χ2v) is 5.49. The summed E-state index contributed by atoms with van der Waals surface area (Å²) < 4.78 is 22.8. The molecule has 0 N–H and O–H groups in total. The van der Waals surface area contributed by atoms with Gasteiger partial charge < -0.3 is 4.74 Å². The number of benzene rings is 1. The minimum Gasteiger partial charge on any atom is -0.494 e. The highest BCUT2D eigenvalue weighted by Crippen LogP contribution is 2.21. The van der Waals surface area contributed by atoms with Gasteiger partial charge in [0.25, 0.3) is 0 Å². The molecular formula is C12H13ClFN3OS. The average Bonchev–Trinajstić information content (AvgIpc) is 2.75. The van der Waals surface area contributed by atoms with Crippen LogP contribution >= 0.6 is 23.1 Å². The molecule has 1 heterocycles. The maximum absolute atomic E-state index is 13.6. The van der Waals surface area contributed by atoms with Crippen LogP contribution in [0.2, 0.25) is 4.34 Å². The predicted octanol–water partition coefficient (Wildman–Crippen LogP) is 2.97. The van der Waals surface area contributed by atoms with E-state index in [1.807, 2.05) is 18.0 Å². The van der Waals surface area contributed by atoms with Crippen LogP contribution in [0.1, 0.15) is 11.3 Å². The summed E-state index contributed by atoms with van der Waals surface area (Å²) in [6.45, 7) is 1.16. The summed E-state index contributed by atoms with van der Waals surface area (Å²) in [7, 11) is 3.36. The molecule has 0 radical (unpaired) electrons. The van der Waals surface area contributed by atoms with E-state index in [1.165, 1.54) is 13.2 Å². The fourth-order valence-corrected chi connectivity index (χ4v) is 2.33. The van der Waals surface area contributed by atoms with E-state index >= 15 is 0 Å². The Morgan fingerprint density at radius 2 is 2.21 bits per heavy atom. The molecule has 2 aromatic rings. The standard InChI is InChI=1S/C12H13ClFN3OS/c1-17(7-10-12(13)19-16-15-10)6-8-3-4-11(18-2)9(14)5-8/h3-5H,6-7H2,1-2H3. The fourth-order valence-electron chi connectivity index (χ4n) is 1.72. The Morgan fingerprint density at radius 1 is 1.42 bits per heavy atom. The van der Waals surface area contributed by atoms with Crippen molar-refractivity contribution >= 4 is 23.1 Å². The number of rotatable bonds is 5. The molecule has 2 rings (SSSR count). The average molecular weight is 302 g/mol. The first-order valence-corrected chi connectivity index (χ1v) is 6.73. The molecule has 0 aliphatic rings. The minimum absolute atomic E-state index is 0.248. The van der Waals surface area contributed by atoms with Crippen molar-refractivity contribution in [3.05, 3.63) is 39.6 Å². The van der Waals surface area contributed by atoms with Gasteiger partial charge in [-0.15, -0.1) is 5.10 Å². The number of aromatic nitrogens is 2. The highest BCUT2D eigenvalue weighted by molar-refractivity contribution is 7.10. The van der Waals surface area contributed by atoms with Crippen LogP contribution in [0.25, 0.3) is 0 Å². The Kier molecular flexibility index (Phi) is 4.68. The van der Waals surface area contributed by atoms with Crippen molar-refractivity contribution in [2.24, 2.45) is 0 Å². The Morgan fingerprint density at radius 3 is 2.79 bits per heavy atom. The number of nitrogens with zero attached hydrogens (tertiary/aromatic N) is 3. The molecule has 0 bridgehead atoms. The van der Waals surface area contributed by atoms with Crippen molar-refractivity contribution in [1.29, 1.82) is 0 Å². The van der Waals surface area contributed by atoms with Gasteiger partial charge >= 0.3 is 0 Å². The van der Waals surface area contributed by atoms with Crippen molar-refractivity contribution in [3.63, 3.8) is 0 Å². The summed E-state index contributed by atoms with van der Waals surface area (Å²) in [5.41, 5.74) is 1.60. The van der Waals surface area contributed by atoms with Crippen LogP contribution in [0.4, 0.5) is 4.39 Å². The maximum Gasteiger partial charge on any atom is 0.165 e. The zero-order valence-electron chi connectivity index (χ0n) is 10.6. The maximum atomic E-state index is 13.6. The van der Waals surface area contributed by atoms with E-state index in [-0.39, 0.29) is 11.6 Å².